The monoisotopic (exact) mass is 308 g/mol. The molecule has 4 heteroatoms. The van der Waals surface area contributed by atoms with Gasteiger partial charge in [0.2, 0.25) is 11.8 Å². The molecule has 4 aliphatic carbocycles. The molecule has 1 aromatic rings. The lowest BCUT2D eigenvalue weighted by Crippen LogP contribution is -2.40. The highest BCUT2D eigenvalue weighted by atomic mass is 16.2. The first-order valence-corrected chi connectivity index (χ1v) is 8.49. The summed E-state index contributed by atoms with van der Waals surface area (Å²) in [4.78, 5) is 27.1. The predicted octanol–water partition coefficient (Wildman–Crippen LogP) is 2.42. The molecule has 0 unspecified atom stereocenters. The highest BCUT2D eigenvalue weighted by Crippen LogP contribution is 2.65. The van der Waals surface area contributed by atoms with Crippen LogP contribution in [-0.2, 0) is 9.59 Å². The molecule has 2 saturated carbocycles. The summed E-state index contributed by atoms with van der Waals surface area (Å²) in [5, 5.41) is 3.23. The maximum absolute atomic E-state index is 12.8. The molecular weight excluding hydrogens is 288 g/mol. The highest BCUT2D eigenvalue weighted by molar-refractivity contribution is 6.06. The third-order valence-electron chi connectivity index (χ3n) is 6.21. The fraction of sp³-hybridized carbons (Fsp3) is 0.474. The number of imide groups is 1. The molecule has 1 heterocycles. The van der Waals surface area contributed by atoms with Crippen molar-refractivity contribution in [1.29, 1.82) is 0 Å². The summed E-state index contributed by atoms with van der Waals surface area (Å²) in [6, 6.07) is 7.99. The van der Waals surface area contributed by atoms with E-state index in [9.17, 15) is 9.59 Å². The van der Waals surface area contributed by atoms with Gasteiger partial charge in [-0.1, -0.05) is 24.3 Å². The number of hydrogen-bond donors (Lipinski definition) is 1. The Morgan fingerprint density at radius 2 is 1.74 bits per heavy atom. The zero-order valence-corrected chi connectivity index (χ0v) is 13.1. The minimum absolute atomic E-state index is 0.0323. The van der Waals surface area contributed by atoms with Crippen molar-refractivity contribution in [2.75, 3.05) is 12.0 Å². The van der Waals surface area contributed by atoms with Crippen LogP contribution in [0.1, 0.15) is 12.0 Å². The number of aryl methyl sites for hydroxylation is 1. The minimum atomic E-state index is -0.0967. The fourth-order valence-electron chi connectivity index (χ4n) is 5.10. The normalized spacial score (nSPS) is 39.4. The Hall–Kier alpha value is -2.10. The average molecular weight is 308 g/mol. The summed E-state index contributed by atoms with van der Waals surface area (Å²) < 4.78 is 0. The van der Waals surface area contributed by atoms with Crippen molar-refractivity contribution in [2.24, 2.45) is 35.5 Å². The SMILES string of the molecule is Cc1cccc(NCN2C(=O)[C@@H]3[C@H]4C=C[C@@H]([C@@H]5C[C@H]45)[C@H]3C2=O)c1. The lowest BCUT2D eigenvalue weighted by molar-refractivity contribution is -0.139. The first-order chi connectivity index (χ1) is 11.1. The van der Waals surface area contributed by atoms with E-state index in [0.29, 0.717) is 23.7 Å². The van der Waals surface area contributed by atoms with Crippen LogP contribution in [0.25, 0.3) is 0 Å². The van der Waals surface area contributed by atoms with Crippen LogP contribution in [0.3, 0.4) is 0 Å². The summed E-state index contributed by atoms with van der Waals surface area (Å²) in [6.45, 7) is 2.31. The van der Waals surface area contributed by atoms with E-state index >= 15 is 0 Å². The molecule has 1 N–H and O–H groups in total. The summed E-state index contributed by atoms with van der Waals surface area (Å²) in [5.41, 5.74) is 2.11. The molecule has 4 nitrogen and oxygen atoms in total. The van der Waals surface area contributed by atoms with Crippen LogP contribution >= 0.6 is 0 Å². The maximum Gasteiger partial charge on any atom is 0.235 e. The molecule has 2 bridgehead atoms. The largest absolute Gasteiger partial charge is 0.367 e. The van der Waals surface area contributed by atoms with Crippen molar-refractivity contribution in [3.8, 4) is 0 Å². The van der Waals surface area contributed by atoms with Crippen LogP contribution in [0, 0.1) is 42.4 Å². The van der Waals surface area contributed by atoms with Crippen LogP contribution < -0.4 is 5.32 Å². The van der Waals surface area contributed by atoms with Gasteiger partial charge in [0.05, 0.1) is 18.5 Å². The lowest BCUT2D eigenvalue weighted by Gasteiger charge is -2.37. The zero-order valence-electron chi connectivity index (χ0n) is 13.1. The molecule has 2 amide bonds. The number of hydrogen-bond acceptors (Lipinski definition) is 3. The van der Waals surface area contributed by atoms with Crippen LogP contribution in [-0.4, -0.2) is 23.4 Å². The number of benzene rings is 1. The van der Waals surface area contributed by atoms with E-state index in [1.165, 1.54) is 11.3 Å². The summed E-state index contributed by atoms with van der Waals surface area (Å²) in [7, 11) is 0. The molecule has 118 valence electrons. The highest BCUT2D eigenvalue weighted by Gasteiger charge is 2.66. The Morgan fingerprint density at radius 3 is 2.35 bits per heavy atom. The van der Waals surface area contributed by atoms with Gasteiger partial charge < -0.3 is 5.32 Å². The second-order valence-corrected chi connectivity index (χ2v) is 7.46. The predicted molar refractivity (Wildman–Crippen MR) is 86.2 cm³/mol. The zero-order chi connectivity index (χ0) is 15.7. The molecule has 6 rings (SSSR count). The van der Waals surface area contributed by atoms with Crippen LogP contribution in [0.15, 0.2) is 36.4 Å². The molecule has 1 saturated heterocycles. The number of nitrogens with one attached hydrogen (secondary N) is 1. The standard InChI is InChI=1S/C19H20N2O2/c1-10-3-2-4-11(7-10)20-9-21-18(22)16-12-5-6-13(15-8-14(12)15)17(16)19(21)23/h2-7,12-17,20H,8-9H2,1H3/t12-,13-,14-,15+,16+,17+/m0/s1. The van der Waals surface area contributed by atoms with Gasteiger partial charge in [0.1, 0.15) is 0 Å². The third kappa shape index (κ3) is 1.78. The second kappa shape index (κ2) is 4.47. The average Bonchev–Trinajstić information content (AvgIpc) is 3.32. The van der Waals surface area contributed by atoms with Gasteiger partial charge in [0.25, 0.3) is 0 Å². The van der Waals surface area contributed by atoms with E-state index in [1.807, 2.05) is 31.2 Å². The third-order valence-corrected chi connectivity index (χ3v) is 6.21. The molecule has 6 atom stereocenters. The lowest BCUT2D eigenvalue weighted by atomic mass is 9.63. The van der Waals surface area contributed by atoms with Gasteiger partial charge in [-0.3, -0.25) is 14.5 Å². The van der Waals surface area contributed by atoms with Crippen molar-refractivity contribution >= 4 is 17.5 Å². The minimum Gasteiger partial charge on any atom is -0.367 e. The van der Waals surface area contributed by atoms with Gasteiger partial charge in [-0.05, 0) is 54.7 Å². The molecule has 5 aliphatic rings. The maximum atomic E-state index is 12.8. The summed E-state index contributed by atoms with van der Waals surface area (Å²) in [6.07, 6.45) is 5.63. The van der Waals surface area contributed by atoms with Crippen LogP contribution in [0.5, 0.6) is 0 Å². The molecular formula is C19H20N2O2. The number of amides is 2. The van der Waals surface area contributed by atoms with E-state index in [-0.39, 0.29) is 30.3 Å². The van der Waals surface area contributed by atoms with Crippen molar-refractivity contribution in [2.45, 2.75) is 13.3 Å². The number of allylic oxidation sites excluding steroid dienone is 2. The van der Waals surface area contributed by atoms with E-state index < -0.39 is 0 Å². The van der Waals surface area contributed by atoms with E-state index in [4.69, 9.17) is 0 Å². The van der Waals surface area contributed by atoms with Gasteiger partial charge in [-0.2, -0.15) is 0 Å². The van der Waals surface area contributed by atoms with Gasteiger partial charge in [-0.15, -0.1) is 0 Å². The van der Waals surface area contributed by atoms with E-state index in [0.717, 1.165) is 11.3 Å². The number of carbonyl (C=O) groups excluding carboxylic acids is 2. The number of anilines is 1. The second-order valence-electron chi connectivity index (χ2n) is 7.46. The van der Waals surface area contributed by atoms with Crippen LogP contribution in [0.2, 0.25) is 0 Å². The van der Waals surface area contributed by atoms with E-state index in [2.05, 4.69) is 17.5 Å². The molecule has 0 spiro atoms. The number of nitrogens with zero attached hydrogens (tertiary/aromatic N) is 1. The Bertz CT molecular complexity index is 705. The van der Waals surface area contributed by atoms with Crippen molar-refractivity contribution in [3.05, 3.63) is 42.0 Å². The summed E-state index contributed by atoms with van der Waals surface area (Å²) >= 11 is 0. The smallest absolute Gasteiger partial charge is 0.235 e. The van der Waals surface area contributed by atoms with Gasteiger partial charge in [0.15, 0.2) is 0 Å². The Kier molecular flexibility index (Phi) is 2.59. The Balaban J connectivity index is 1.37. The first kappa shape index (κ1) is 13.3. The Labute approximate surface area is 135 Å². The van der Waals surface area contributed by atoms with Gasteiger partial charge in [-0.25, -0.2) is 0 Å². The topological polar surface area (TPSA) is 49.4 Å². The molecule has 1 aromatic carbocycles. The fourth-order valence-corrected chi connectivity index (χ4v) is 5.10. The van der Waals surface area contributed by atoms with Gasteiger partial charge >= 0.3 is 0 Å². The van der Waals surface area contributed by atoms with Crippen molar-refractivity contribution in [1.82, 2.24) is 4.90 Å². The first-order valence-electron chi connectivity index (χ1n) is 8.49. The molecule has 0 aromatic heterocycles. The molecule has 3 fully saturated rings. The quantitative estimate of drug-likeness (QED) is 0.689. The molecule has 23 heavy (non-hydrogen) atoms. The van der Waals surface area contributed by atoms with Gasteiger partial charge in [0, 0.05) is 5.69 Å². The Morgan fingerprint density at radius 1 is 1.09 bits per heavy atom. The molecule has 0 radical (unpaired) electrons. The number of carbonyl (C=O) groups is 2. The van der Waals surface area contributed by atoms with E-state index in [1.54, 1.807) is 0 Å². The summed E-state index contributed by atoms with van der Waals surface area (Å²) in [5.74, 6) is 1.79. The van der Waals surface area contributed by atoms with Crippen LogP contribution in [0.4, 0.5) is 5.69 Å². The number of likely N-dealkylation sites (tertiary alicyclic amines) is 1. The van der Waals surface area contributed by atoms with Crippen molar-refractivity contribution < 1.29 is 9.59 Å². The van der Waals surface area contributed by atoms with Crippen molar-refractivity contribution in [3.63, 3.8) is 0 Å². The molecule has 1 aliphatic heterocycles. The number of rotatable bonds is 3.